The molecule has 0 unspecified atom stereocenters. The van der Waals surface area contributed by atoms with Crippen molar-refractivity contribution in [1.82, 2.24) is 19.3 Å². The van der Waals surface area contributed by atoms with Crippen molar-refractivity contribution in [2.75, 3.05) is 37.3 Å². The number of nitrogens with zero attached hydrogens (tertiary/aromatic N) is 4. The molecule has 0 spiro atoms. The Morgan fingerprint density at radius 1 is 1.17 bits per heavy atom. The lowest BCUT2D eigenvalue weighted by Crippen LogP contribution is -2.33. The van der Waals surface area contributed by atoms with Crippen molar-refractivity contribution < 1.29 is 8.42 Å². The zero-order valence-corrected chi connectivity index (χ0v) is 14.5. The zero-order valence-electron chi connectivity index (χ0n) is 13.7. The summed E-state index contributed by atoms with van der Waals surface area (Å²) in [4.78, 5) is 14.5. The van der Waals surface area contributed by atoms with Gasteiger partial charge in [0.15, 0.2) is 0 Å². The Labute approximate surface area is 141 Å². The van der Waals surface area contributed by atoms with E-state index in [1.807, 2.05) is 6.08 Å². The number of nitrogens with one attached hydrogen (secondary N) is 1. The molecule has 24 heavy (non-hydrogen) atoms. The molecule has 0 saturated carbocycles. The van der Waals surface area contributed by atoms with Gasteiger partial charge in [-0.2, -0.15) is 4.31 Å². The molecule has 0 aromatic carbocycles. The van der Waals surface area contributed by atoms with Crippen LogP contribution in [0.1, 0.15) is 25.0 Å². The van der Waals surface area contributed by atoms with E-state index in [2.05, 4.69) is 25.9 Å². The number of hydrogen-bond acceptors (Lipinski definition) is 5. The Morgan fingerprint density at radius 3 is 2.62 bits per heavy atom. The summed E-state index contributed by atoms with van der Waals surface area (Å²) < 4.78 is 24.7. The number of aromatic nitrogens is 3. The summed E-state index contributed by atoms with van der Waals surface area (Å²) in [6.45, 7) is 3.02. The van der Waals surface area contributed by atoms with E-state index in [9.17, 15) is 8.42 Å². The average molecular weight is 347 g/mol. The third-order valence-electron chi connectivity index (χ3n) is 4.80. The van der Waals surface area contributed by atoms with Crippen molar-refractivity contribution in [3.8, 4) is 0 Å². The maximum atomic E-state index is 11.6. The zero-order chi connectivity index (χ0) is 16.7. The summed E-state index contributed by atoms with van der Waals surface area (Å²) >= 11 is 0. The fourth-order valence-corrected chi connectivity index (χ4v) is 4.25. The van der Waals surface area contributed by atoms with Crippen LogP contribution in [-0.4, -0.2) is 60.1 Å². The molecule has 0 amide bonds. The van der Waals surface area contributed by atoms with Gasteiger partial charge in [0.1, 0.15) is 17.8 Å². The van der Waals surface area contributed by atoms with Gasteiger partial charge in [-0.25, -0.2) is 18.4 Å². The fraction of sp³-hybridized carbons (Fsp3) is 0.500. The van der Waals surface area contributed by atoms with E-state index in [1.54, 1.807) is 6.33 Å². The van der Waals surface area contributed by atoms with Gasteiger partial charge in [-0.05, 0) is 30.9 Å². The van der Waals surface area contributed by atoms with Gasteiger partial charge in [0, 0.05) is 31.9 Å². The highest BCUT2D eigenvalue weighted by atomic mass is 32.2. The van der Waals surface area contributed by atoms with Gasteiger partial charge in [-0.1, -0.05) is 6.08 Å². The number of hydrogen-bond donors (Lipinski definition) is 1. The summed E-state index contributed by atoms with van der Waals surface area (Å²) in [5.41, 5.74) is 2.99. The number of rotatable bonds is 3. The Hall–Kier alpha value is -1.93. The first-order valence-electron chi connectivity index (χ1n) is 8.25. The van der Waals surface area contributed by atoms with Gasteiger partial charge in [0.2, 0.25) is 10.0 Å². The topological polar surface area (TPSA) is 82.2 Å². The van der Waals surface area contributed by atoms with E-state index in [0.717, 1.165) is 41.2 Å². The third-order valence-corrected chi connectivity index (χ3v) is 6.07. The number of H-pyrrole nitrogens is 1. The van der Waals surface area contributed by atoms with Crippen molar-refractivity contribution in [2.45, 2.75) is 19.3 Å². The van der Waals surface area contributed by atoms with E-state index in [0.29, 0.717) is 19.5 Å². The number of anilines is 1. The SMILES string of the molecule is CS(=O)(=O)N1CC=C(c2cc3c(N4CCCC4)ncnc3[nH]2)CC1. The molecule has 0 aliphatic carbocycles. The second kappa shape index (κ2) is 5.86. The first-order chi connectivity index (χ1) is 11.5. The Kier molecular flexibility index (Phi) is 3.80. The van der Waals surface area contributed by atoms with E-state index < -0.39 is 10.0 Å². The largest absolute Gasteiger partial charge is 0.356 e. The van der Waals surface area contributed by atoms with Gasteiger partial charge in [0.05, 0.1) is 11.6 Å². The van der Waals surface area contributed by atoms with Gasteiger partial charge in [0.25, 0.3) is 0 Å². The van der Waals surface area contributed by atoms with Crippen LogP contribution in [-0.2, 0) is 10.0 Å². The molecule has 0 atom stereocenters. The van der Waals surface area contributed by atoms with Crippen molar-refractivity contribution in [3.63, 3.8) is 0 Å². The molecule has 4 rings (SSSR count). The van der Waals surface area contributed by atoms with Gasteiger partial charge in [-0.3, -0.25) is 0 Å². The Morgan fingerprint density at radius 2 is 1.96 bits per heavy atom. The molecular weight excluding hydrogens is 326 g/mol. The minimum atomic E-state index is -3.12. The molecule has 2 aromatic rings. The van der Waals surface area contributed by atoms with Crippen LogP contribution in [0.2, 0.25) is 0 Å². The van der Waals surface area contributed by atoms with Crippen LogP contribution < -0.4 is 4.90 Å². The van der Waals surface area contributed by atoms with Crippen molar-refractivity contribution in [1.29, 1.82) is 0 Å². The summed E-state index contributed by atoms with van der Waals surface area (Å²) in [7, 11) is -3.12. The molecule has 0 radical (unpaired) electrons. The van der Waals surface area contributed by atoms with Crippen LogP contribution in [0.4, 0.5) is 5.82 Å². The smallest absolute Gasteiger partial charge is 0.211 e. The highest BCUT2D eigenvalue weighted by Gasteiger charge is 2.22. The molecular formula is C16H21N5O2S. The molecule has 128 valence electrons. The lowest BCUT2D eigenvalue weighted by molar-refractivity contribution is 0.445. The van der Waals surface area contributed by atoms with Gasteiger partial charge in [-0.15, -0.1) is 0 Å². The monoisotopic (exact) mass is 347 g/mol. The molecule has 2 aliphatic heterocycles. The molecule has 4 heterocycles. The summed E-state index contributed by atoms with van der Waals surface area (Å²) in [5.74, 6) is 0.995. The predicted molar refractivity (Wildman–Crippen MR) is 94.3 cm³/mol. The van der Waals surface area contributed by atoms with Crippen LogP contribution in [0, 0.1) is 0 Å². The van der Waals surface area contributed by atoms with E-state index in [4.69, 9.17) is 0 Å². The highest BCUT2D eigenvalue weighted by Crippen LogP contribution is 2.30. The second-order valence-corrected chi connectivity index (χ2v) is 8.42. The minimum Gasteiger partial charge on any atom is -0.356 e. The minimum absolute atomic E-state index is 0.425. The number of sulfonamides is 1. The number of aromatic amines is 1. The summed E-state index contributed by atoms with van der Waals surface area (Å²) in [6.07, 6.45) is 7.96. The van der Waals surface area contributed by atoms with Crippen LogP contribution in [0.15, 0.2) is 18.5 Å². The molecule has 8 heteroatoms. The van der Waals surface area contributed by atoms with E-state index in [-0.39, 0.29) is 0 Å². The van der Waals surface area contributed by atoms with E-state index >= 15 is 0 Å². The Balaban J connectivity index is 1.66. The summed E-state index contributed by atoms with van der Waals surface area (Å²) in [6, 6.07) is 2.10. The quantitative estimate of drug-likeness (QED) is 0.912. The lowest BCUT2D eigenvalue weighted by Gasteiger charge is -2.23. The molecule has 1 N–H and O–H groups in total. The average Bonchev–Trinajstić information content (AvgIpc) is 3.23. The first-order valence-corrected chi connectivity index (χ1v) is 10.1. The number of fused-ring (bicyclic) bond motifs is 1. The van der Waals surface area contributed by atoms with Crippen LogP contribution in [0.5, 0.6) is 0 Å². The van der Waals surface area contributed by atoms with Crippen LogP contribution in [0.25, 0.3) is 16.6 Å². The maximum absolute atomic E-state index is 11.6. The van der Waals surface area contributed by atoms with Crippen molar-refractivity contribution >= 4 is 32.4 Å². The fourth-order valence-electron chi connectivity index (χ4n) is 3.48. The van der Waals surface area contributed by atoms with Crippen LogP contribution >= 0.6 is 0 Å². The normalized spacial score (nSPS) is 19.9. The molecule has 1 fully saturated rings. The Bertz CT molecular complexity index is 896. The van der Waals surface area contributed by atoms with Gasteiger partial charge >= 0.3 is 0 Å². The summed E-state index contributed by atoms with van der Waals surface area (Å²) in [5, 5.41) is 1.04. The lowest BCUT2D eigenvalue weighted by atomic mass is 10.1. The van der Waals surface area contributed by atoms with Crippen molar-refractivity contribution in [3.05, 3.63) is 24.2 Å². The first kappa shape index (κ1) is 15.6. The molecule has 7 nitrogen and oxygen atoms in total. The van der Waals surface area contributed by atoms with Crippen molar-refractivity contribution in [2.24, 2.45) is 0 Å². The highest BCUT2D eigenvalue weighted by molar-refractivity contribution is 7.88. The third kappa shape index (κ3) is 2.80. The molecule has 0 bridgehead atoms. The molecule has 1 saturated heterocycles. The van der Waals surface area contributed by atoms with E-state index in [1.165, 1.54) is 23.4 Å². The molecule has 2 aromatic heterocycles. The molecule has 2 aliphatic rings. The second-order valence-electron chi connectivity index (χ2n) is 6.44. The van der Waals surface area contributed by atoms with Gasteiger partial charge < -0.3 is 9.88 Å². The van der Waals surface area contributed by atoms with Crippen LogP contribution in [0.3, 0.4) is 0 Å². The maximum Gasteiger partial charge on any atom is 0.211 e. The predicted octanol–water partition coefficient (Wildman–Crippen LogP) is 1.61. The standard InChI is InChI=1S/C16H21N5O2S/c1-24(22,23)21-8-4-12(5-9-21)14-10-13-15(19-14)17-11-18-16(13)20-6-2-3-7-20/h4,10-11H,2-3,5-9H2,1H3,(H,17,18,19).